The number of nitrogens with two attached hydrogens (primary N) is 1. The van der Waals surface area contributed by atoms with E-state index < -0.39 is 5.82 Å². The summed E-state index contributed by atoms with van der Waals surface area (Å²) in [6.07, 6.45) is 0.954. The van der Waals surface area contributed by atoms with Gasteiger partial charge in [-0.05, 0) is 18.6 Å². The highest BCUT2D eigenvalue weighted by Crippen LogP contribution is 2.29. The minimum absolute atomic E-state index is 0.0728. The Labute approximate surface area is 131 Å². The molecule has 0 fully saturated rings. The Hall–Kier alpha value is -1.79. The molecule has 1 heterocycles. The van der Waals surface area contributed by atoms with Crippen molar-refractivity contribution < 1.29 is 4.39 Å². The van der Waals surface area contributed by atoms with Gasteiger partial charge in [0.1, 0.15) is 11.6 Å². The molecule has 1 aromatic carbocycles. The van der Waals surface area contributed by atoms with Gasteiger partial charge in [0.25, 0.3) is 0 Å². The van der Waals surface area contributed by atoms with Crippen LogP contribution in [0, 0.1) is 5.82 Å². The zero-order valence-corrected chi connectivity index (χ0v) is 12.8. The van der Waals surface area contributed by atoms with Gasteiger partial charge in [-0.3, -0.25) is 0 Å². The number of nitrogens with one attached hydrogen (secondary N) is 2. The lowest BCUT2D eigenvalue weighted by Crippen LogP contribution is -2.06. The van der Waals surface area contributed by atoms with Crippen LogP contribution in [0.1, 0.15) is 13.3 Å². The predicted octanol–water partition coefficient (Wildman–Crippen LogP) is 4.07. The van der Waals surface area contributed by atoms with Gasteiger partial charge in [-0.25, -0.2) is 4.39 Å². The van der Waals surface area contributed by atoms with Gasteiger partial charge in [0.05, 0.1) is 10.0 Å². The summed E-state index contributed by atoms with van der Waals surface area (Å²) in [5, 5.41) is 5.93. The number of hydrogen-bond acceptors (Lipinski definition) is 5. The second-order valence-corrected chi connectivity index (χ2v) is 5.12. The Balaban J connectivity index is 2.24. The molecule has 8 heteroatoms. The first kappa shape index (κ1) is 15.6. The third kappa shape index (κ3) is 4.09. The van der Waals surface area contributed by atoms with E-state index in [4.69, 9.17) is 28.9 Å². The van der Waals surface area contributed by atoms with Crippen LogP contribution < -0.4 is 16.4 Å². The highest BCUT2D eigenvalue weighted by atomic mass is 35.5. The van der Waals surface area contributed by atoms with E-state index in [1.54, 1.807) is 6.07 Å². The van der Waals surface area contributed by atoms with Crippen molar-refractivity contribution in [1.29, 1.82) is 0 Å². The monoisotopic (exact) mass is 329 g/mol. The SMILES string of the molecule is CCCNc1cc(Nc2cc(Cl)c(F)c(Cl)c2)nc(N)n1. The van der Waals surface area contributed by atoms with Gasteiger partial charge in [0, 0.05) is 18.3 Å². The van der Waals surface area contributed by atoms with Gasteiger partial charge in [-0.1, -0.05) is 30.1 Å². The predicted molar refractivity (Wildman–Crippen MR) is 84.9 cm³/mol. The molecule has 2 aromatic rings. The van der Waals surface area contributed by atoms with E-state index in [0.29, 0.717) is 17.3 Å². The van der Waals surface area contributed by atoms with E-state index in [0.717, 1.165) is 13.0 Å². The number of hydrogen-bond donors (Lipinski definition) is 3. The van der Waals surface area contributed by atoms with Crippen molar-refractivity contribution in [2.24, 2.45) is 0 Å². The average Bonchev–Trinajstić information content (AvgIpc) is 2.42. The Kier molecular flexibility index (Phi) is 5.03. The van der Waals surface area contributed by atoms with Crippen LogP contribution in [0.5, 0.6) is 0 Å². The number of halogens is 3. The van der Waals surface area contributed by atoms with Crippen molar-refractivity contribution in [3.63, 3.8) is 0 Å². The Bertz CT molecular complexity index is 627. The number of rotatable bonds is 5. The van der Waals surface area contributed by atoms with Crippen LogP contribution in [0.15, 0.2) is 18.2 Å². The van der Waals surface area contributed by atoms with Crippen LogP contribution in [0.25, 0.3) is 0 Å². The van der Waals surface area contributed by atoms with Gasteiger partial charge in [0.15, 0.2) is 5.82 Å². The Morgan fingerprint density at radius 2 is 1.76 bits per heavy atom. The fraction of sp³-hybridized carbons (Fsp3) is 0.231. The van der Waals surface area contributed by atoms with E-state index in [1.807, 2.05) is 6.92 Å². The summed E-state index contributed by atoms with van der Waals surface area (Å²) in [6, 6.07) is 4.53. The first-order valence-corrected chi connectivity index (χ1v) is 7.05. The summed E-state index contributed by atoms with van der Waals surface area (Å²) in [7, 11) is 0. The second-order valence-electron chi connectivity index (χ2n) is 4.30. The fourth-order valence-electron chi connectivity index (χ4n) is 1.65. The molecule has 0 amide bonds. The zero-order valence-electron chi connectivity index (χ0n) is 11.3. The molecule has 5 nitrogen and oxygen atoms in total. The zero-order chi connectivity index (χ0) is 15.4. The number of nitrogens with zero attached hydrogens (tertiary/aromatic N) is 2. The fourth-order valence-corrected chi connectivity index (χ4v) is 2.14. The van der Waals surface area contributed by atoms with Crippen LogP contribution in [0.2, 0.25) is 10.0 Å². The molecule has 0 unspecified atom stereocenters. The number of benzene rings is 1. The van der Waals surface area contributed by atoms with Crippen molar-refractivity contribution >= 4 is 46.5 Å². The van der Waals surface area contributed by atoms with Crippen molar-refractivity contribution in [3.8, 4) is 0 Å². The first-order valence-electron chi connectivity index (χ1n) is 6.29. The molecule has 0 radical (unpaired) electrons. The van der Waals surface area contributed by atoms with Gasteiger partial charge < -0.3 is 16.4 Å². The molecule has 0 aliphatic heterocycles. The van der Waals surface area contributed by atoms with Crippen LogP contribution in [-0.2, 0) is 0 Å². The third-order valence-electron chi connectivity index (χ3n) is 2.56. The minimum Gasteiger partial charge on any atom is -0.370 e. The van der Waals surface area contributed by atoms with E-state index >= 15 is 0 Å². The molecule has 1 aromatic heterocycles. The minimum atomic E-state index is -0.656. The normalized spacial score (nSPS) is 10.5. The molecule has 0 spiro atoms. The summed E-state index contributed by atoms with van der Waals surface area (Å²) >= 11 is 11.5. The van der Waals surface area contributed by atoms with E-state index in [-0.39, 0.29) is 16.0 Å². The highest BCUT2D eigenvalue weighted by molar-refractivity contribution is 6.35. The van der Waals surface area contributed by atoms with E-state index in [9.17, 15) is 4.39 Å². The van der Waals surface area contributed by atoms with Crippen LogP contribution in [0.3, 0.4) is 0 Å². The number of aromatic nitrogens is 2. The van der Waals surface area contributed by atoms with E-state index in [1.165, 1.54) is 12.1 Å². The lowest BCUT2D eigenvalue weighted by Gasteiger charge is -2.10. The molecule has 2 rings (SSSR count). The lowest BCUT2D eigenvalue weighted by atomic mass is 10.3. The molecular weight excluding hydrogens is 316 g/mol. The Morgan fingerprint density at radius 3 is 2.38 bits per heavy atom. The number of anilines is 4. The Morgan fingerprint density at radius 1 is 1.14 bits per heavy atom. The summed E-state index contributed by atoms with van der Waals surface area (Å²) in [4.78, 5) is 8.12. The molecule has 0 bridgehead atoms. The molecule has 4 N–H and O–H groups in total. The van der Waals surface area contributed by atoms with Crippen LogP contribution in [0.4, 0.5) is 27.7 Å². The molecule has 0 aliphatic carbocycles. The molecule has 112 valence electrons. The standard InChI is InChI=1S/C13H14Cl2FN5/c1-2-3-18-10-6-11(21-13(17)20-10)19-7-4-8(14)12(16)9(15)5-7/h4-6H,2-3H2,1H3,(H4,17,18,19,20,21). The van der Waals surface area contributed by atoms with Crippen molar-refractivity contribution in [2.45, 2.75) is 13.3 Å². The summed E-state index contributed by atoms with van der Waals surface area (Å²) < 4.78 is 13.4. The maximum atomic E-state index is 13.4. The quantitative estimate of drug-likeness (QED) is 0.721. The molecule has 21 heavy (non-hydrogen) atoms. The van der Waals surface area contributed by atoms with Gasteiger partial charge >= 0.3 is 0 Å². The third-order valence-corrected chi connectivity index (χ3v) is 3.11. The molecular formula is C13H14Cl2FN5. The number of nitrogen functional groups attached to an aromatic ring is 1. The molecule has 0 saturated heterocycles. The molecule has 0 atom stereocenters. The highest BCUT2D eigenvalue weighted by Gasteiger charge is 2.09. The van der Waals surface area contributed by atoms with Gasteiger partial charge in [0.2, 0.25) is 5.95 Å². The average molecular weight is 330 g/mol. The van der Waals surface area contributed by atoms with Gasteiger partial charge in [-0.15, -0.1) is 0 Å². The van der Waals surface area contributed by atoms with Crippen molar-refractivity contribution in [1.82, 2.24) is 9.97 Å². The molecule has 0 aliphatic rings. The largest absolute Gasteiger partial charge is 0.370 e. The topological polar surface area (TPSA) is 75.9 Å². The molecule has 0 saturated carbocycles. The lowest BCUT2D eigenvalue weighted by molar-refractivity contribution is 0.629. The van der Waals surface area contributed by atoms with E-state index in [2.05, 4.69) is 20.6 Å². The summed E-state index contributed by atoms with van der Waals surface area (Å²) in [6.45, 7) is 2.81. The maximum absolute atomic E-state index is 13.4. The summed E-state index contributed by atoms with van der Waals surface area (Å²) in [5.74, 6) is 0.528. The van der Waals surface area contributed by atoms with Crippen LogP contribution >= 0.6 is 23.2 Å². The van der Waals surface area contributed by atoms with Crippen molar-refractivity contribution in [2.75, 3.05) is 22.9 Å². The maximum Gasteiger partial charge on any atom is 0.223 e. The first-order chi connectivity index (χ1) is 9.99. The van der Waals surface area contributed by atoms with Crippen molar-refractivity contribution in [3.05, 3.63) is 34.1 Å². The van der Waals surface area contributed by atoms with Crippen LogP contribution in [-0.4, -0.2) is 16.5 Å². The smallest absolute Gasteiger partial charge is 0.223 e. The second kappa shape index (κ2) is 6.78. The summed E-state index contributed by atoms with van der Waals surface area (Å²) in [5.41, 5.74) is 6.16. The van der Waals surface area contributed by atoms with Gasteiger partial charge in [-0.2, -0.15) is 9.97 Å².